The zero-order valence-electron chi connectivity index (χ0n) is 10.4. The Kier molecular flexibility index (Phi) is 4.76. The minimum absolute atomic E-state index is 0.0729. The van der Waals surface area contributed by atoms with E-state index in [1.807, 2.05) is 22.6 Å². The summed E-state index contributed by atoms with van der Waals surface area (Å²) in [5.74, 6) is -0.688. The van der Waals surface area contributed by atoms with Crippen molar-refractivity contribution in [3.05, 3.63) is 33.1 Å². The third-order valence-electron chi connectivity index (χ3n) is 2.96. The first-order chi connectivity index (χ1) is 9.52. The molecule has 1 amide bonds. The van der Waals surface area contributed by atoms with Crippen LogP contribution in [0.4, 0.5) is 4.39 Å². The molecule has 1 heterocycles. The molecular weight excluding hydrogens is 380 g/mol. The number of rotatable bonds is 2. The third kappa shape index (κ3) is 3.18. The molecule has 0 radical (unpaired) electrons. The Morgan fingerprint density at radius 1 is 1.60 bits per heavy atom. The number of amidine groups is 1. The predicted molar refractivity (Wildman–Crippen MR) is 78.2 cm³/mol. The van der Waals surface area contributed by atoms with Crippen LogP contribution in [0, 0.1) is 9.39 Å². The number of benzene rings is 1. The number of hydrogen-bond acceptors (Lipinski definition) is 4. The van der Waals surface area contributed by atoms with Crippen LogP contribution in [0.5, 0.6) is 0 Å². The second-order valence-electron chi connectivity index (χ2n) is 4.26. The van der Waals surface area contributed by atoms with Gasteiger partial charge in [-0.15, -0.1) is 0 Å². The highest BCUT2D eigenvalue weighted by molar-refractivity contribution is 14.1. The van der Waals surface area contributed by atoms with E-state index in [1.54, 1.807) is 4.90 Å². The van der Waals surface area contributed by atoms with E-state index in [0.29, 0.717) is 22.3 Å². The highest BCUT2D eigenvalue weighted by Crippen LogP contribution is 2.17. The standard InChI is InChI=1S/C12H13FIN3O3/c13-7-1-2-8(9(14)5-7)12(18)17-3-4-20-10(6-17)11(15)16-19/h1-2,5,10,19H,3-4,6H2,(H2,15,16). The molecule has 0 aliphatic carbocycles. The average molecular weight is 393 g/mol. The Bertz CT molecular complexity index is 553. The summed E-state index contributed by atoms with van der Waals surface area (Å²) in [6, 6.07) is 4.00. The first-order valence-corrected chi connectivity index (χ1v) is 6.94. The maximum atomic E-state index is 13.1. The zero-order valence-corrected chi connectivity index (χ0v) is 12.6. The van der Waals surface area contributed by atoms with Gasteiger partial charge in [-0.05, 0) is 40.8 Å². The van der Waals surface area contributed by atoms with Gasteiger partial charge in [-0.1, -0.05) is 5.16 Å². The van der Waals surface area contributed by atoms with Crippen molar-refractivity contribution < 1.29 is 19.1 Å². The van der Waals surface area contributed by atoms with E-state index in [9.17, 15) is 9.18 Å². The lowest BCUT2D eigenvalue weighted by Gasteiger charge is -2.32. The van der Waals surface area contributed by atoms with Gasteiger partial charge in [0.15, 0.2) is 5.84 Å². The van der Waals surface area contributed by atoms with Crippen LogP contribution < -0.4 is 5.73 Å². The number of carbonyl (C=O) groups is 1. The number of morpholine rings is 1. The second-order valence-corrected chi connectivity index (χ2v) is 5.42. The topological polar surface area (TPSA) is 88.2 Å². The molecule has 1 unspecified atom stereocenters. The maximum Gasteiger partial charge on any atom is 0.255 e. The number of halogens is 2. The van der Waals surface area contributed by atoms with E-state index in [-0.39, 0.29) is 24.1 Å². The van der Waals surface area contributed by atoms with Crippen molar-refractivity contribution in [2.45, 2.75) is 6.10 Å². The third-order valence-corrected chi connectivity index (χ3v) is 3.85. The number of ether oxygens (including phenoxy) is 1. The van der Waals surface area contributed by atoms with E-state index in [2.05, 4.69) is 5.16 Å². The van der Waals surface area contributed by atoms with Crippen LogP contribution in [0.3, 0.4) is 0 Å². The highest BCUT2D eigenvalue weighted by Gasteiger charge is 2.28. The summed E-state index contributed by atoms with van der Waals surface area (Å²) < 4.78 is 18.9. The molecule has 1 aromatic carbocycles. The van der Waals surface area contributed by atoms with Crippen LogP contribution in [-0.4, -0.2) is 47.7 Å². The van der Waals surface area contributed by atoms with Crippen LogP contribution in [0.2, 0.25) is 0 Å². The van der Waals surface area contributed by atoms with Gasteiger partial charge in [-0.3, -0.25) is 4.79 Å². The van der Waals surface area contributed by atoms with Gasteiger partial charge in [-0.2, -0.15) is 0 Å². The number of hydrogen-bond donors (Lipinski definition) is 2. The van der Waals surface area contributed by atoms with Gasteiger partial charge < -0.3 is 20.6 Å². The van der Waals surface area contributed by atoms with Crippen LogP contribution in [-0.2, 0) is 4.74 Å². The normalized spacial score (nSPS) is 20.0. The number of nitrogens with two attached hydrogens (primary N) is 1. The van der Waals surface area contributed by atoms with Gasteiger partial charge >= 0.3 is 0 Å². The maximum absolute atomic E-state index is 13.1. The Hall–Kier alpha value is -1.42. The molecule has 20 heavy (non-hydrogen) atoms. The molecule has 0 aromatic heterocycles. The van der Waals surface area contributed by atoms with Crippen molar-refractivity contribution in [1.82, 2.24) is 4.90 Å². The molecule has 108 valence electrons. The molecule has 1 atom stereocenters. The minimum Gasteiger partial charge on any atom is -0.409 e. The molecular formula is C12H13FIN3O3. The first-order valence-electron chi connectivity index (χ1n) is 5.86. The van der Waals surface area contributed by atoms with Crippen molar-refractivity contribution in [1.29, 1.82) is 0 Å². The Balaban J connectivity index is 2.16. The number of oxime groups is 1. The summed E-state index contributed by atoms with van der Waals surface area (Å²) in [5.41, 5.74) is 5.91. The molecule has 1 aliphatic rings. The molecule has 2 rings (SSSR count). The molecule has 1 aromatic rings. The van der Waals surface area contributed by atoms with E-state index in [1.165, 1.54) is 18.2 Å². The molecule has 1 fully saturated rings. The van der Waals surface area contributed by atoms with Crippen molar-refractivity contribution in [3.63, 3.8) is 0 Å². The molecule has 6 nitrogen and oxygen atoms in total. The SMILES string of the molecule is N/C(=N/O)C1CN(C(=O)c2ccc(F)cc2I)CCO1. The summed E-state index contributed by atoms with van der Waals surface area (Å²) in [7, 11) is 0. The highest BCUT2D eigenvalue weighted by atomic mass is 127. The zero-order chi connectivity index (χ0) is 14.7. The lowest BCUT2D eigenvalue weighted by Crippen LogP contribution is -2.50. The number of nitrogens with zero attached hydrogens (tertiary/aromatic N) is 2. The molecule has 0 bridgehead atoms. The van der Waals surface area contributed by atoms with Gasteiger partial charge in [-0.25, -0.2) is 4.39 Å². The summed E-state index contributed by atoms with van der Waals surface area (Å²) >= 11 is 1.92. The predicted octanol–water partition coefficient (Wildman–Crippen LogP) is 1.02. The van der Waals surface area contributed by atoms with Gasteiger partial charge in [0.25, 0.3) is 5.91 Å². The van der Waals surface area contributed by atoms with Gasteiger partial charge in [0, 0.05) is 10.1 Å². The van der Waals surface area contributed by atoms with Gasteiger partial charge in [0.1, 0.15) is 11.9 Å². The summed E-state index contributed by atoms with van der Waals surface area (Å²) in [6.45, 7) is 0.897. The summed E-state index contributed by atoms with van der Waals surface area (Å²) in [5, 5.41) is 11.5. The summed E-state index contributed by atoms with van der Waals surface area (Å²) in [6.07, 6.45) is -0.629. The van der Waals surface area contributed by atoms with Crippen molar-refractivity contribution >= 4 is 34.3 Å². The van der Waals surface area contributed by atoms with Crippen molar-refractivity contribution in [2.75, 3.05) is 19.7 Å². The quantitative estimate of drug-likeness (QED) is 0.258. The van der Waals surface area contributed by atoms with Crippen LogP contribution in [0.15, 0.2) is 23.4 Å². The first kappa shape index (κ1) is 15.0. The molecule has 8 heteroatoms. The van der Waals surface area contributed by atoms with Gasteiger partial charge in [0.2, 0.25) is 0 Å². The smallest absolute Gasteiger partial charge is 0.255 e. The Labute approximate surface area is 128 Å². The summed E-state index contributed by atoms with van der Waals surface area (Å²) in [4.78, 5) is 13.9. The Morgan fingerprint density at radius 2 is 2.35 bits per heavy atom. The molecule has 3 N–H and O–H groups in total. The fourth-order valence-electron chi connectivity index (χ4n) is 1.91. The largest absolute Gasteiger partial charge is 0.409 e. The lowest BCUT2D eigenvalue weighted by atomic mass is 10.1. The fourth-order valence-corrected chi connectivity index (χ4v) is 2.62. The van der Waals surface area contributed by atoms with E-state index in [0.717, 1.165) is 0 Å². The number of amides is 1. The second kappa shape index (κ2) is 6.35. The molecule has 0 saturated carbocycles. The monoisotopic (exact) mass is 393 g/mol. The molecule has 0 spiro atoms. The van der Waals surface area contributed by atoms with E-state index < -0.39 is 6.10 Å². The van der Waals surface area contributed by atoms with Crippen molar-refractivity contribution in [3.8, 4) is 0 Å². The average Bonchev–Trinajstić information content (AvgIpc) is 2.46. The minimum atomic E-state index is -0.629. The molecule has 1 aliphatic heterocycles. The van der Waals surface area contributed by atoms with E-state index >= 15 is 0 Å². The Morgan fingerprint density at radius 3 is 3.00 bits per heavy atom. The van der Waals surface area contributed by atoms with Crippen molar-refractivity contribution in [2.24, 2.45) is 10.9 Å². The molecule has 1 saturated heterocycles. The number of carbonyl (C=O) groups excluding carboxylic acids is 1. The van der Waals surface area contributed by atoms with Crippen LogP contribution in [0.1, 0.15) is 10.4 Å². The van der Waals surface area contributed by atoms with Gasteiger partial charge in [0.05, 0.1) is 18.7 Å². The van der Waals surface area contributed by atoms with Crippen LogP contribution >= 0.6 is 22.6 Å². The van der Waals surface area contributed by atoms with E-state index in [4.69, 9.17) is 15.7 Å². The lowest BCUT2D eigenvalue weighted by molar-refractivity contribution is 0.00670. The van der Waals surface area contributed by atoms with Crippen LogP contribution in [0.25, 0.3) is 0 Å². The fraction of sp³-hybridized carbons (Fsp3) is 0.333.